The van der Waals surface area contributed by atoms with E-state index in [1.807, 2.05) is 0 Å². The summed E-state index contributed by atoms with van der Waals surface area (Å²) in [6, 6.07) is 0.426. The van der Waals surface area contributed by atoms with Crippen molar-refractivity contribution in [2.24, 2.45) is 23.5 Å². The largest absolute Gasteiger partial charge is 0.372 e. The average Bonchev–Trinajstić information content (AvgIpc) is 2.71. The molecule has 0 aromatic carbocycles. The van der Waals surface area contributed by atoms with Gasteiger partial charge in [-0.1, -0.05) is 13.8 Å². The van der Waals surface area contributed by atoms with Gasteiger partial charge in [0.25, 0.3) is 0 Å². The molecule has 3 nitrogen and oxygen atoms in total. The maximum absolute atomic E-state index is 6.39. The Balaban J connectivity index is 1.55. The molecule has 0 amide bonds. The van der Waals surface area contributed by atoms with Gasteiger partial charge in [0.15, 0.2) is 0 Å². The topological polar surface area (TPSA) is 38.5 Å². The van der Waals surface area contributed by atoms with Gasteiger partial charge in [-0.15, -0.1) is 0 Å². The number of fused-ring (bicyclic) bond motifs is 2. The van der Waals surface area contributed by atoms with E-state index in [9.17, 15) is 0 Å². The Bertz CT molecular complexity index is 295. The minimum atomic E-state index is 0.426. The summed E-state index contributed by atoms with van der Waals surface area (Å²) < 4.78 is 5.93. The molecule has 0 aromatic heterocycles. The summed E-state index contributed by atoms with van der Waals surface area (Å²) in [5, 5.41) is 0. The van der Waals surface area contributed by atoms with Gasteiger partial charge in [-0.3, -0.25) is 4.90 Å². The lowest BCUT2D eigenvalue weighted by Crippen LogP contribution is -2.49. The second-order valence-corrected chi connectivity index (χ2v) is 7.42. The molecule has 2 saturated heterocycles. The normalized spacial score (nSPS) is 43.9. The van der Waals surface area contributed by atoms with Gasteiger partial charge in [0.05, 0.1) is 12.2 Å². The Labute approximate surface area is 117 Å². The highest BCUT2D eigenvalue weighted by Gasteiger charge is 2.36. The summed E-state index contributed by atoms with van der Waals surface area (Å²) in [7, 11) is 0. The van der Waals surface area contributed by atoms with Crippen LogP contribution in [0.25, 0.3) is 0 Å². The predicted octanol–water partition coefficient (Wildman–Crippen LogP) is 2.25. The van der Waals surface area contributed by atoms with Crippen molar-refractivity contribution in [1.82, 2.24) is 4.90 Å². The number of rotatable bonds is 3. The summed E-state index contributed by atoms with van der Waals surface area (Å²) in [6.45, 7) is 8.24. The molecule has 2 bridgehead atoms. The van der Waals surface area contributed by atoms with Gasteiger partial charge in [0.1, 0.15) is 0 Å². The molecular weight excluding hydrogens is 236 g/mol. The molecular formula is C16H30N2O. The van der Waals surface area contributed by atoms with Crippen LogP contribution in [0.3, 0.4) is 0 Å². The van der Waals surface area contributed by atoms with E-state index in [0.717, 1.165) is 24.9 Å². The zero-order valence-corrected chi connectivity index (χ0v) is 12.6. The molecule has 3 heteroatoms. The molecule has 3 fully saturated rings. The minimum absolute atomic E-state index is 0.426. The maximum atomic E-state index is 6.39. The minimum Gasteiger partial charge on any atom is -0.372 e. The summed E-state index contributed by atoms with van der Waals surface area (Å²) >= 11 is 0. The molecule has 3 aliphatic rings. The maximum Gasteiger partial charge on any atom is 0.0707 e. The third kappa shape index (κ3) is 3.14. The molecule has 2 aliphatic heterocycles. The van der Waals surface area contributed by atoms with Crippen molar-refractivity contribution < 1.29 is 4.74 Å². The van der Waals surface area contributed by atoms with Crippen molar-refractivity contribution in [3.63, 3.8) is 0 Å². The van der Waals surface area contributed by atoms with E-state index in [1.165, 1.54) is 38.6 Å². The van der Waals surface area contributed by atoms with Crippen LogP contribution < -0.4 is 5.73 Å². The van der Waals surface area contributed by atoms with Crippen molar-refractivity contribution in [1.29, 1.82) is 0 Å². The van der Waals surface area contributed by atoms with E-state index in [1.54, 1.807) is 0 Å². The van der Waals surface area contributed by atoms with Crippen molar-refractivity contribution in [2.45, 2.75) is 64.2 Å². The quantitative estimate of drug-likeness (QED) is 0.851. The SMILES string of the molecule is CC(C)C1CCC(N)C(CN2CC3CCC(C2)O3)C1. The monoisotopic (exact) mass is 266 g/mol. The van der Waals surface area contributed by atoms with Crippen molar-refractivity contribution in [2.75, 3.05) is 19.6 Å². The number of hydrogen-bond donors (Lipinski definition) is 1. The summed E-state index contributed by atoms with van der Waals surface area (Å²) in [4.78, 5) is 2.64. The average molecular weight is 266 g/mol. The van der Waals surface area contributed by atoms with Crippen molar-refractivity contribution in [3.05, 3.63) is 0 Å². The van der Waals surface area contributed by atoms with E-state index in [2.05, 4.69) is 18.7 Å². The van der Waals surface area contributed by atoms with Crippen LogP contribution in [0.4, 0.5) is 0 Å². The van der Waals surface area contributed by atoms with E-state index < -0.39 is 0 Å². The van der Waals surface area contributed by atoms with E-state index in [-0.39, 0.29) is 0 Å². The molecule has 110 valence electrons. The number of hydrogen-bond acceptors (Lipinski definition) is 3. The van der Waals surface area contributed by atoms with Gasteiger partial charge >= 0.3 is 0 Å². The molecule has 1 saturated carbocycles. The Hall–Kier alpha value is -0.120. The number of ether oxygens (including phenoxy) is 1. The Morgan fingerprint density at radius 1 is 1.11 bits per heavy atom. The molecule has 0 radical (unpaired) electrons. The lowest BCUT2D eigenvalue weighted by molar-refractivity contribution is -0.0462. The number of nitrogens with zero attached hydrogens (tertiary/aromatic N) is 1. The molecule has 19 heavy (non-hydrogen) atoms. The predicted molar refractivity (Wildman–Crippen MR) is 78.0 cm³/mol. The summed E-state index contributed by atoms with van der Waals surface area (Å²) in [5.74, 6) is 2.41. The van der Waals surface area contributed by atoms with Crippen molar-refractivity contribution in [3.8, 4) is 0 Å². The van der Waals surface area contributed by atoms with Crippen LogP contribution in [0.2, 0.25) is 0 Å². The first-order valence-electron chi connectivity index (χ1n) is 8.25. The van der Waals surface area contributed by atoms with Crippen molar-refractivity contribution >= 4 is 0 Å². The van der Waals surface area contributed by atoms with E-state index in [0.29, 0.717) is 24.2 Å². The second kappa shape index (κ2) is 5.71. The second-order valence-electron chi connectivity index (χ2n) is 7.42. The highest BCUT2D eigenvalue weighted by Crippen LogP contribution is 2.35. The first-order valence-corrected chi connectivity index (χ1v) is 8.25. The molecule has 0 spiro atoms. The van der Waals surface area contributed by atoms with Gasteiger partial charge in [-0.05, 0) is 49.9 Å². The Kier molecular flexibility index (Phi) is 4.16. The van der Waals surface area contributed by atoms with Crippen LogP contribution in [0.1, 0.15) is 46.0 Å². The van der Waals surface area contributed by atoms with Gasteiger partial charge in [-0.25, -0.2) is 0 Å². The number of morpholine rings is 1. The molecule has 2 heterocycles. The molecule has 3 rings (SSSR count). The molecule has 0 aromatic rings. The fourth-order valence-corrected chi connectivity index (χ4v) is 4.32. The first kappa shape index (κ1) is 13.8. The standard InChI is InChI=1S/C16H30N2O/c1-11(2)12-3-6-16(17)13(7-12)8-18-9-14-4-5-15(10-18)19-14/h11-16H,3-10,17H2,1-2H3. The zero-order valence-electron chi connectivity index (χ0n) is 12.6. The highest BCUT2D eigenvalue weighted by molar-refractivity contribution is 4.90. The van der Waals surface area contributed by atoms with Gasteiger partial charge in [0, 0.05) is 25.7 Å². The lowest BCUT2D eigenvalue weighted by atomic mass is 9.73. The van der Waals surface area contributed by atoms with Crippen LogP contribution in [-0.2, 0) is 4.74 Å². The Morgan fingerprint density at radius 2 is 1.79 bits per heavy atom. The Morgan fingerprint density at radius 3 is 2.42 bits per heavy atom. The van der Waals surface area contributed by atoms with E-state index >= 15 is 0 Å². The van der Waals surface area contributed by atoms with Gasteiger partial charge in [0.2, 0.25) is 0 Å². The zero-order chi connectivity index (χ0) is 13.4. The molecule has 1 aliphatic carbocycles. The molecule has 5 unspecified atom stereocenters. The lowest BCUT2D eigenvalue weighted by Gasteiger charge is -2.40. The molecule has 2 N–H and O–H groups in total. The smallest absolute Gasteiger partial charge is 0.0707 e. The summed E-state index contributed by atoms with van der Waals surface area (Å²) in [5.41, 5.74) is 6.39. The van der Waals surface area contributed by atoms with Crippen LogP contribution >= 0.6 is 0 Å². The third-order valence-corrected chi connectivity index (χ3v) is 5.64. The molecule has 5 atom stereocenters. The van der Waals surface area contributed by atoms with Crippen LogP contribution in [0.15, 0.2) is 0 Å². The van der Waals surface area contributed by atoms with Crippen LogP contribution in [-0.4, -0.2) is 42.8 Å². The third-order valence-electron chi connectivity index (χ3n) is 5.64. The fourth-order valence-electron chi connectivity index (χ4n) is 4.32. The van der Waals surface area contributed by atoms with Gasteiger partial charge in [-0.2, -0.15) is 0 Å². The van der Waals surface area contributed by atoms with Crippen LogP contribution in [0, 0.1) is 17.8 Å². The summed E-state index contributed by atoms with van der Waals surface area (Å²) in [6.07, 6.45) is 7.47. The van der Waals surface area contributed by atoms with Crippen LogP contribution in [0.5, 0.6) is 0 Å². The fraction of sp³-hybridized carbons (Fsp3) is 1.00. The highest BCUT2D eigenvalue weighted by atomic mass is 16.5. The number of likely N-dealkylation sites (tertiary alicyclic amines) is 1. The van der Waals surface area contributed by atoms with Gasteiger partial charge < -0.3 is 10.5 Å². The first-order chi connectivity index (χ1) is 9.11. The van der Waals surface area contributed by atoms with E-state index in [4.69, 9.17) is 10.5 Å². The number of nitrogens with two attached hydrogens (primary N) is 1.